The second kappa shape index (κ2) is 9.71. The lowest BCUT2D eigenvalue weighted by Gasteiger charge is -2.18. The van der Waals surface area contributed by atoms with Crippen molar-refractivity contribution in [3.63, 3.8) is 0 Å². The molecule has 2 rings (SSSR count). The van der Waals surface area contributed by atoms with Crippen LogP contribution in [0.3, 0.4) is 0 Å². The SMILES string of the molecule is CCN(CCO)CCCCCNc1ccnc2cc(Cl)ccc12. The predicted molar refractivity (Wildman–Crippen MR) is 98.3 cm³/mol. The number of unbranched alkanes of at least 4 members (excludes halogenated alkanes) is 2. The van der Waals surface area contributed by atoms with E-state index in [4.69, 9.17) is 16.7 Å². The van der Waals surface area contributed by atoms with Gasteiger partial charge in [0.1, 0.15) is 0 Å². The first-order valence-corrected chi connectivity index (χ1v) is 8.73. The summed E-state index contributed by atoms with van der Waals surface area (Å²) < 4.78 is 0. The molecule has 2 N–H and O–H groups in total. The fourth-order valence-electron chi connectivity index (χ4n) is 2.71. The van der Waals surface area contributed by atoms with Crippen molar-refractivity contribution >= 4 is 28.2 Å². The maximum Gasteiger partial charge on any atom is 0.0737 e. The molecule has 1 aromatic heterocycles. The van der Waals surface area contributed by atoms with Crippen LogP contribution in [0, 0.1) is 0 Å². The first-order valence-electron chi connectivity index (χ1n) is 8.36. The Balaban J connectivity index is 1.75. The molecule has 0 fully saturated rings. The van der Waals surface area contributed by atoms with Crippen LogP contribution in [0.1, 0.15) is 26.2 Å². The van der Waals surface area contributed by atoms with Crippen LogP contribution in [0.5, 0.6) is 0 Å². The molecule has 23 heavy (non-hydrogen) atoms. The molecule has 1 heterocycles. The number of pyridine rings is 1. The Morgan fingerprint density at radius 1 is 1.17 bits per heavy atom. The van der Waals surface area contributed by atoms with E-state index in [9.17, 15) is 0 Å². The highest BCUT2D eigenvalue weighted by Gasteiger charge is 2.03. The van der Waals surface area contributed by atoms with Crippen LogP contribution >= 0.6 is 11.6 Å². The molecule has 2 aromatic rings. The quantitative estimate of drug-likeness (QED) is 0.649. The van der Waals surface area contributed by atoms with E-state index in [2.05, 4.69) is 22.1 Å². The fraction of sp³-hybridized carbons (Fsp3) is 0.500. The van der Waals surface area contributed by atoms with E-state index in [0.717, 1.165) is 49.2 Å². The molecule has 4 nitrogen and oxygen atoms in total. The maximum atomic E-state index is 8.97. The number of halogens is 1. The highest BCUT2D eigenvalue weighted by Crippen LogP contribution is 2.24. The third kappa shape index (κ3) is 5.65. The van der Waals surface area contributed by atoms with Gasteiger partial charge in [0.2, 0.25) is 0 Å². The van der Waals surface area contributed by atoms with Crippen molar-refractivity contribution in [2.75, 3.05) is 38.1 Å². The number of hydrogen-bond acceptors (Lipinski definition) is 4. The number of likely N-dealkylation sites (N-methyl/N-ethyl adjacent to an activating group) is 1. The Morgan fingerprint density at radius 2 is 2.04 bits per heavy atom. The van der Waals surface area contributed by atoms with E-state index < -0.39 is 0 Å². The van der Waals surface area contributed by atoms with Crippen molar-refractivity contribution in [3.05, 3.63) is 35.5 Å². The van der Waals surface area contributed by atoms with E-state index in [1.165, 1.54) is 12.8 Å². The molecule has 5 heteroatoms. The largest absolute Gasteiger partial charge is 0.395 e. The summed E-state index contributed by atoms with van der Waals surface area (Å²) in [6.45, 7) is 6.18. The van der Waals surface area contributed by atoms with E-state index in [-0.39, 0.29) is 6.61 Å². The number of aliphatic hydroxyl groups is 1. The van der Waals surface area contributed by atoms with Crippen LogP contribution in [-0.2, 0) is 0 Å². The van der Waals surface area contributed by atoms with Crippen LogP contribution in [-0.4, -0.2) is 47.8 Å². The standard InChI is InChI=1S/C18H26ClN3O/c1-2-22(12-13-23)11-5-3-4-9-20-17-8-10-21-18-14-15(19)6-7-16(17)18/h6-8,10,14,23H,2-5,9,11-13H2,1H3,(H,20,21). The van der Waals surface area contributed by atoms with Gasteiger partial charge in [-0.15, -0.1) is 0 Å². The lowest BCUT2D eigenvalue weighted by molar-refractivity contribution is 0.199. The number of benzene rings is 1. The number of aromatic nitrogens is 1. The van der Waals surface area contributed by atoms with Crippen LogP contribution < -0.4 is 5.32 Å². The Labute approximate surface area is 143 Å². The predicted octanol–water partition coefficient (Wildman–Crippen LogP) is 3.78. The van der Waals surface area contributed by atoms with E-state index >= 15 is 0 Å². The number of nitrogens with one attached hydrogen (secondary N) is 1. The van der Waals surface area contributed by atoms with Gasteiger partial charge in [-0.25, -0.2) is 0 Å². The summed E-state index contributed by atoms with van der Waals surface area (Å²) in [5.74, 6) is 0. The van der Waals surface area contributed by atoms with E-state index in [1.807, 2.05) is 30.5 Å². The van der Waals surface area contributed by atoms with Crippen molar-refractivity contribution in [2.24, 2.45) is 0 Å². The Hall–Kier alpha value is -1.36. The molecule has 0 aliphatic heterocycles. The minimum absolute atomic E-state index is 0.245. The lowest BCUT2D eigenvalue weighted by Crippen LogP contribution is -2.27. The molecule has 0 spiro atoms. The zero-order valence-electron chi connectivity index (χ0n) is 13.8. The van der Waals surface area contributed by atoms with Crippen molar-refractivity contribution in [3.8, 4) is 0 Å². The summed E-state index contributed by atoms with van der Waals surface area (Å²) in [7, 11) is 0. The summed E-state index contributed by atoms with van der Waals surface area (Å²) in [6, 6.07) is 7.82. The number of rotatable bonds is 10. The average Bonchev–Trinajstić information content (AvgIpc) is 2.56. The fourth-order valence-corrected chi connectivity index (χ4v) is 2.87. The molecule has 0 aliphatic carbocycles. The molecule has 0 bridgehead atoms. The molecule has 0 radical (unpaired) electrons. The second-order valence-electron chi connectivity index (χ2n) is 5.67. The summed E-state index contributed by atoms with van der Waals surface area (Å²) in [6.07, 6.45) is 5.30. The number of hydrogen-bond donors (Lipinski definition) is 2. The van der Waals surface area contributed by atoms with E-state index in [1.54, 1.807) is 0 Å². The number of nitrogens with zero attached hydrogens (tertiary/aromatic N) is 2. The lowest BCUT2D eigenvalue weighted by atomic mass is 10.1. The average molecular weight is 336 g/mol. The summed E-state index contributed by atoms with van der Waals surface area (Å²) in [4.78, 5) is 6.64. The first kappa shape index (κ1) is 18.0. The molecule has 0 saturated carbocycles. The molecular weight excluding hydrogens is 310 g/mol. The van der Waals surface area contributed by atoms with Gasteiger partial charge in [-0.2, -0.15) is 0 Å². The first-order chi connectivity index (χ1) is 11.2. The monoisotopic (exact) mass is 335 g/mol. The normalized spacial score (nSPS) is 11.3. The second-order valence-corrected chi connectivity index (χ2v) is 6.10. The Bertz CT molecular complexity index is 606. The van der Waals surface area contributed by atoms with Gasteiger partial charge in [0.15, 0.2) is 0 Å². The third-order valence-corrected chi connectivity index (χ3v) is 4.27. The van der Waals surface area contributed by atoms with Crippen LogP contribution in [0.15, 0.2) is 30.5 Å². The zero-order valence-corrected chi connectivity index (χ0v) is 14.5. The van der Waals surface area contributed by atoms with Crippen molar-refractivity contribution in [1.82, 2.24) is 9.88 Å². The number of fused-ring (bicyclic) bond motifs is 1. The van der Waals surface area contributed by atoms with Gasteiger partial charge in [-0.1, -0.05) is 24.9 Å². The van der Waals surface area contributed by atoms with Gasteiger partial charge in [0.25, 0.3) is 0 Å². The van der Waals surface area contributed by atoms with Gasteiger partial charge >= 0.3 is 0 Å². The van der Waals surface area contributed by atoms with Gasteiger partial charge in [0.05, 0.1) is 12.1 Å². The van der Waals surface area contributed by atoms with Gasteiger partial charge in [-0.3, -0.25) is 4.98 Å². The third-order valence-electron chi connectivity index (χ3n) is 4.03. The Morgan fingerprint density at radius 3 is 2.83 bits per heavy atom. The minimum Gasteiger partial charge on any atom is -0.395 e. The number of anilines is 1. The maximum absolute atomic E-state index is 8.97. The van der Waals surface area contributed by atoms with Crippen molar-refractivity contribution < 1.29 is 5.11 Å². The summed E-state index contributed by atoms with van der Waals surface area (Å²) >= 11 is 6.01. The molecule has 0 saturated heterocycles. The van der Waals surface area contributed by atoms with Crippen molar-refractivity contribution in [2.45, 2.75) is 26.2 Å². The molecule has 0 unspecified atom stereocenters. The van der Waals surface area contributed by atoms with Crippen LogP contribution in [0.4, 0.5) is 5.69 Å². The zero-order chi connectivity index (χ0) is 16.5. The summed E-state index contributed by atoms with van der Waals surface area (Å²) in [5, 5.41) is 14.3. The van der Waals surface area contributed by atoms with E-state index in [0.29, 0.717) is 5.02 Å². The van der Waals surface area contributed by atoms with Crippen LogP contribution in [0.25, 0.3) is 10.9 Å². The molecule has 0 aliphatic rings. The Kier molecular flexibility index (Phi) is 7.59. The van der Waals surface area contributed by atoms with Crippen LogP contribution in [0.2, 0.25) is 5.02 Å². The molecule has 0 atom stereocenters. The molecular formula is C18H26ClN3O. The van der Waals surface area contributed by atoms with Gasteiger partial charge < -0.3 is 15.3 Å². The smallest absolute Gasteiger partial charge is 0.0737 e. The summed E-state index contributed by atoms with van der Waals surface area (Å²) in [5.41, 5.74) is 2.03. The number of aliphatic hydroxyl groups excluding tert-OH is 1. The highest BCUT2D eigenvalue weighted by molar-refractivity contribution is 6.31. The molecule has 0 amide bonds. The van der Waals surface area contributed by atoms with Gasteiger partial charge in [0, 0.05) is 35.4 Å². The topological polar surface area (TPSA) is 48.4 Å². The van der Waals surface area contributed by atoms with Crippen molar-refractivity contribution in [1.29, 1.82) is 0 Å². The minimum atomic E-state index is 0.245. The highest BCUT2D eigenvalue weighted by atomic mass is 35.5. The molecule has 1 aromatic carbocycles. The molecule has 126 valence electrons. The van der Waals surface area contributed by atoms with Gasteiger partial charge in [-0.05, 0) is 50.2 Å².